The van der Waals surface area contributed by atoms with E-state index in [1.165, 1.54) is 6.07 Å². The minimum absolute atomic E-state index is 0.00351. The fourth-order valence-corrected chi connectivity index (χ4v) is 4.41. The van der Waals surface area contributed by atoms with Gasteiger partial charge in [0.1, 0.15) is 18.0 Å². The summed E-state index contributed by atoms with van der Waals surface area (Å²) < 4.78 is 30.3. The van der Waals surface area contributed by atoms with Gasteiger partial charge in [-0.2, -0.15) is 0 Å². The molecule has 1 aromatic rings. The molecule has 2 fully saturated rings. The molecule has 0 radical (unpaired) electrons. The van der Waals surface area contributed by atoms with Crippen LogP contribution in [0.5, 0.6) is 5.75 Å². The number of benzene rings is 1. The van der Waals surface area contributed by atoms with Crippen molar-refractivity contribution in [3.8, 4) is 5.75 Å². The van der Waals surface area contributed by atoms with E-state index < -0.39 is 22.9 Å². The van der Waals surface area contributed by atoms with Gasteiger partial charge in [0.2, 0.25) is 11.2 Å². The topological polar surface area (TPSA) is 81.7 Å². The Labute approximate surface area is 149 Å². The molecule has 0 bridgehead atoms. The van der Waals surface area contributed by atoms with Crippen LogP contribution in [0.1, 0.15) is 44.6 Å². The predicted octanol–water partition coefficient (Wildman–Crippen LogP) is 1.93. The number of carbonyl (C=O) groups is 1. The molecule has 6 nitrogen and oxygen atoms in total. The molecule has 138 valence electrons. The van der Waals surface area contributed by atoms with Crippen LogP contribution in [0.4, 0.5) is 10.1 Å². The second kappa shape index (κ2) is 7.29. The summed E-state index contributed by atoms with van der Waals surface area (Å²) in [6.45, 7) is 4.80. The number of hydrogen-bond acceptors (Lipinski definition) is 4. The summed E-state index contributed by atoms with van der Waals surface area (Å²) in [7, 11) is 0. The van der Waals surface area contributed by atoms with Crippen molar-refractivity contribution in [1.29, 1.82) is 0 Å². The molecule has 0 saturated carbocycles. The zero-order chi connectivity index (χ0) is 18.1. The Morgan fingerprint density at radius 3 is 2.84 bits per heavy atom. The Kier molecular flexibility index (Phi) is 5.29. The molecule has 25 heavy (non-hydrogen) atoms. The molecule has 3 atom stereocenters. The van der Waals surface area contributed by atoms with Crippen molar-refractivity contribution < 1.29 is 18.5 Å². The molecule has 1 amide bonds. The highest BCUT2D eigenvalue weighted by molar-refractivity contribution is 7.85. The number of aromatic hydroxyl groups is 1. The first kappa shape index (κ1) is 18.1. The van der Waals surface area contributed by atoms with Gasteiger partial charge < -0.3 is 10.4 Å². The molecule has 1 aromatic carbocycles. The van der Waals surface area contributed by atoms with Crippen LogP contribution in [0, 0.1) is 11.7 Å². The van der Waals surface area contributed by atoms with Crippen LogP contribution in [-0.2, 0) is 16.0 Å². The number of carbonyl (C=O) groups excluding carboxylic acids is 1. The molecule has 2 saturated heterocycles. The van der Waals surface area contributed by atoms with E-state index in [4.69, 9.17) is 0 Å². The SMILES string of the molecule is CC(C)CCC1CC(c2ccc(O)c(N3CC(=O)NS3=O)c2F)CN1. The molecule has 3 rings (SSSR count). The van der Waals surface area contributed by atoms with Gasteiger partial charge in [-0.05, 0) is 36.8 Å². The largest absolute Gasteiger partial charge is 0.506 e. The minimum Gasteiger partial charge on any atom is -0.506 e. The second-order valence-electron chi connectivity index (χ2n) is 7.16. The zero-order valence-corrected chi connectivity index (χ0v) is 15.2. The first-order chi connectivity index (χ1) is 11.9. The van der Waals surface area contributed by atoms with Crippen LogP contribution in [0.25, 0.3) is 0 Å². The van der Waals surface area contributed by atoms with Crippen LogP contribution in [0.2, 0.25) is 0 Å². The van der Waals surface area contributed by atoms with Crippen molar-refractivity contribution in [3.63, 3.8) is 0 Å². The van der Waals surface area contributed by atoms with Gasteiger partial charge in [0, 0.05) is 18.5 Å². The van der Waals surface area contributed by atoms with E-state index in [0.717, 1.165) is 23.6 Å². The number of amides is 1. The van der Waals surface area contributed by atoms with Gasteiger partial charge in [0.25, 0.3) is 5.91 Å². The number of phenols is 1. The average molecular weight is 369 g/mol. The Morgan fingerprint density at radius 2 is 2.20 bits per heavy atom. The van der Waals surface area contributed by atoms with Crippen molar-refractivity contribution in [1.82, 2.24) is 10.0 Å². The number of phenolic OH excluding ortho intramolecular Hbond substituents is 1. The highest BCUT2D eigenvalue weighted by Gasteiger charge is 2.34. The summed E-state index contributed by atoms with van der Waals surface area (Å²) in [6.07, 6.45) is 3.00. The number of nitrogens with zero attached hydrogens (tertiary/aromatic N) is 1. The van der Waals surface area contributed by atoms with E-state index in [1.54, 1.807) is 6.07 Å². The van der Waals surface area contributed by atoms with Crippen LogP contribution in [0.3, 0.4) is 0 Å². The number of anilines is 1. The van der Waals surface area contributed by atoms with Gasteiger partial charge in [-0.25, -0.2) is 8.60 Å². The third kappa shape index (κ3) is 3.79. The lowest BCUT2D eigenvalue weighted by atomic mass is 9.93. The first-order valence-corrected chi connectivity index (χ1v) is 9.71. The van der Waals surface area contributed by atoms with Crippen molar-refractivity contribution in [2.24, 2.45) is 5.92 Å². The maximum Gasteiger partial charge on any atom is 0.253 e. The smallest absolute Gasteiger partial charge is 0.253 e. The highest BCUT2D eigenvalue weighted by Crippen LogP contribution is 2.39. The Balaban J connectivity index is 1.81. The Hall–Kier alpha value is -1.67. The van der Waals surface area contributed by atoms with E-state index in [2.05, 4.69) is 23.9 Å². The molecule has 0 aliphatic carbocycles. The molecule has 3 unspecified atom stereocenters. The second-order valence-corrected chi connectivity index (χ2v) is 8.30. The standard InChI is InChI=1S/C17H24FN3O3S/c1-10(2)3-4-12-7-11(8-19-12)13-5-6-14(22)17(16(13)18)21-9-15(23)20-25(21)24/h5-6,10-12,19,22H,3-4,7-9H2,1-2H3,(H,20,23). The van der Waals surface area contributed by atoms with Gasteiger partial charge in [-0.15, -0.1) is 0 Å². The van der Waals surface area contributed by atoms with E-state index in [1.807, 2.05) is 0 Å². The lowest BCUT2D eigenvalue weighted by Crippen LogP contribution is -2.24. The van der Waals surface area contributed by atoms with Crippen molar-refractivity contribution in [3.05, 3.63) is 23.5 Å². The zero-order valence-electron chi connectivity index (χ0n) is 14.4. The number of hydrogen-bond donors (Lipinski definition) is 3. The Morgan fingerprint density at radius 1 is 1.44 bits per heavy atom. The van der Waals surface area contributed by atoms with Gasteiger partial charge in [-0.1, -0.05) is 19.9 Å². The van der Waals surface area contributed by atoms with Gasteiger partial charge in [0.15, 0.2) is 5.82 Å². The minimum atomic E-state index is -1.87. The van der Waals surface area contributed by atoms with E-state index in [-0.39, 0.29) is 23.9 Å². The third-order valence-electron chi connectivity index (χ3n) is 4.82. The fourth-order valence-electron chi connectivity index (χ4n) is 3.47. The monoisotopic (exact) mass is 369 g/mol. The number of halogens is 1. The predicted molar refractivity (Wildman–Crippen MR) is 94.9 cm³/mol. The summed E-state index contributed by atoms with van der Waals surface area (Å²) in [4.78, 5) is 11.4. The normalized spacial score (nSPS) is 26.5. The molecule has 0 spiro atoms. The molecule has 2 heterocycles. The maximum atomic E-state index is 15.1. The molecular weight excluding hydrogens is 345 g/mol. The fraction of sp³-hybridized carbons (Fsp3) is 0.588. The lowest BCUT2D eigenvalue weighted by molar-refractivity contribution is -0.117. The Bertz CT molecular complexity index is 698. The summed E-state index contributed by atoms with van der Waals surface area (Å²) in [5, 5.41) is 13.5. The van der Waals surface area contributed by atoms with Crippen molar-refractivity contribution in [2.75, 3.05) is 17.4 Å². The molecule has 2 aliphatic rings. The van der Waals surface area contributed by atoms with Crippen LogP contribution in [-0.4, -0.2) is 34.4 Å². The van der Waals surface area contributed by atoms with Gasteiger partial charge in [0.05, 0.1) is 0 Å². The lowest BCUT2D eigenvalue weighted by Gasteiger charge is -2.20. The summed E-state index contributed by atoms with van der Waals surface area (Å²) in [6, 6.07) is 3.35. The van der Waals surface area contributed by atoms with Crippen LogP contribution in [0.15, 0.2) is 12.1 Å². The third-order valence-corrected chi connectivity index (χ3v) is 5.93. The summed E-state index contributed by atoms with van der Waals surface area (Å²) in [5.41, 5.74) is 0.323. The molecule has 2 aliphatic heterocycles. The highest BCUT2D eigenvalue weighted by atomic mass is 32.2. The summed E-state index contributed by atoms with van der Waals surface area (Å²) >= 11 is -1.87. The van der Waals surface area contributed by atoms with Crippen molar-refractivity contribution >= 4 is 22.8 Å². The molecule has 8 heteroatoms. The van der Waals surface area contributed by atoms with Crippen LogP contribution < -0.4 is 14.3 Å². The first-order valence-electron chi connectivity index (χ1n) is 8.60. The average Bonchev–Trinajstić information content (AvgIpc) is 3.12. The molecular formula is C17H24FN3O3S. The maximum absolute atomic E-state index is 15.1. The van der Waals surface area contributed by atoms with Gasteiger partial charge in [-0.3, -0.25) is 13.8 Å². The summed E-state index contributed by atoms with van der Waals surface area (Å²) in [5.74, 6) is -0.738. The molecule has 3 N–H and O–H groups in total. The number of rotatable bonds is 5. The van der Waals surface area contributed by atoms with Crippen molar-refractivity contribution in [2.45, 2.75) is 45.1 Å². The number of nitrogens with one attached hydrogen (secondary N) is 2. The van der Waals surface area contributed by atoms with E-state index >= 15 is 4.39 Å². The quantitative estimate of drug-likeness (QED) is 0.741. The van der Waals surface area contributed by atoms with Gasteiger partial charge >= 0.3 is 0 Å². The van der Waals surface area contributed by atoms with E-state index in [0.29, 0.717) is 24.1 Å². The van der Waals surface area contributed by atoms with Crippen LogP contribution >= 0.6 is 0 Å². The van der Waals surface area contributed by atoms with E-state index in [9.17, 15) is 14.1 Å². The molecule has 0 aromatic heterocycles.